The Morgan fingerprint density at radius 1 is 1.24 bits per heavy atom. The Hall–Kier alpha value is -2.35. The van der Waals surface area contributed by atoms with E-state index >= 15 is 0 Å². The van der Waals surface area contributed by atoms with E-state index < -0.39 is 11.9 Å². The third-order valence-corrected chi connectivity index (χ3v) is 4.57. The van der Waals surface area contributed by atoms with E-state index in [1.54, 1.807) is 6.20 Å². The molecular formula is C17H24N4O4. The number of carboxylic acids is 1. The maximum atomic E-state index is 12.2. The second-order valence-electron chi connectivity index (χ2n) is 6.77. The number of ether oxygens (including phenoxy) is 1. The minimum Gasteiger partial charge on any atom is -0.481 e. The first-order valence-electron chi connectivity index (χ1n) is 8.57. The number of rotatable bonds is 3. The summed E-state index contributed by atoms with van der Waals surface area (Å²) in [6.07, 6.45) is 2.43. The first-order chi connectivity index (χ1) is 11.9. The first-order valence-corrected chi connectivity index (χ1v) is 8.57. The highest BCUT2D eigenvalue weighted by atomic mass is 16.5. The maximum Gasteiger partial charge on any atom is 0.321 e. The lowest BCUT2D eigenvalue weighted by atomic mass is 10.1. The summed E-state index contributed by atoms with van der Waals surface area (Å²) >= 11 is 0. The van der Waals surface area contributed by atoms with Crippen LogP contribution in [0.5, 0.6) is 0 Å². The van der Waals surface area contributed by atoms with Gasteiger partial charge in [-0.15, -0.1) is 0 Å². The highest BCUT2D eigenvalue weighted by Gasteiger charge is 2.31. The highest BCUT2D eigenvalue weighted by molar-refractivity contribution is 5.90. The Morgan fingerprint density at radius 3 is 2.52 bits per heavy atom. The van der Waals surface area contributed by atoms with Crippen LogP contribution in [0.15, 0.2) is 18.3 Å². The molecule has 0 aliphatic carbocycles. The molecule has 8 heteroatoms. The smallest absolute Gasteiger partial charge is 0.321 e. The number of anilines is 2. The number of nitrogens with one attached hydrogen (secondary N) is 1. The molecule has 0 bridgehead atoms. The molecule has 3 heterocycles. The van der Waals surface area contributed by atoms with Crippen LogP contribution in [0.1, 0.15) is 20.3 Å². The summed E-state index contributed by atoms with van der Waals surface area (Å²) in [4.78, 5) is 31.3. The Labute approximate surface area is 146 Å². The molecule has 0 spiro atoms. The topological polar surface area (TPSA) is 95.0 Å². The zero-order chi connectivity index (χ0) is 18.0. The molecule has 2 N–H and O–H groups in total. The van der Waals surface area contributed by atoms with Crippen molar-refractivity contribution in [3.05, 3.63) is 18.3 Å². The summed E-state index contributed by atoms with van der Waals surface area (Å²) < 4.78 is 5.72. The van der Waals surface area contributed by atoms with Crippen LogP contribution in [0.2, 0.25) is 0 Å². The van der Waals surface area contributed by atoms with Crippen LogP contribution < -0.4 is 10.2 Å². The number of likely N-dealkylation sites (tertiary alicyclic amines) is 1. The van der Waals surface area contributed by atoms with Gasteiger partial charge < -0.3 is 25.0 Å². The summed E-state index contributed by atoms with van der Waals surface area (Å²) in [5.74, 6) is -0.473. The van der Waals surface area contributed by atoms with E-state index in [0.717, 1.165) is 18.9 Å². The van der Waals surface area contributed by atoms with E-state index in [2.05, 4.69) is 15.2 Å². The molecule has 2 aliphatic rings. The van der Waals surface area contributed by atoms with Gasteiger partial charge in [-0.1, -0.05) is 0 Å². The molecule has 1 aromatic heterocycles. The van der Waals surface area contributed by atoms with Gasteiger partial charge in [0.15, 0.2) is 0 Å². The molecule has 25 heavy (non-hydrogen) atoms. The number of urea groups is 1. The van der Waals surface area contributed by atoms with E-state index in [-0.39, 0.29) is 24.8 Å². The molecule has 0 aromatic carbocycles. The maximum absolute atomic E-state index is 12.2. The molecule has 0 saturated carbocycles. The van der Waals surface area contributed by atoms with Gasteiger partial charge in [0.25, 0.3) is 0 Å². The molecule has 0 radical (unpaired) electrons. The molecule has 136 valence electrons. The molecule has 8 nitrogen and oxygen atoms in total. The SMILES string of the molecule is CC1CN(c2ccc(NC(=O)N3CCC(C(=O)O)C3)cn2)CC(C)O1. The fourth-order valence-corrected chi connectivity index (χ4v) is 3.36. The predicted molar refractivity (Wildman–Crippen MR) is 92.8 cm³/mol. The number of nitrogens with zero attached hydrogens (tertiary/aromatic N) is 3. The number of aromatic nitrogens is 1. The fraction of sp³-hybridized carbons (Fsp3) is 0.588. The first kappa shape index (κ1) is 17.5. The molecule has 3 unspecified atom stereocenters. The van der Waals surface area contributed by atoms with E-state index in [0.29, 0.717) is 18.7 Å². The molecule has 1 aromatic rings. The monoisotopic (exact) mass is 348 g/mol. The number of hydrogen-bond acceptors (Lipinski definition) is 5. The Morgan fingerprint density at radius 2 is 1.96 bits per heavy atom. The molecular weight excluding hydrogens is 324 g/mol. The van der Waals surface area contributed by atoms with Crippen molar-refractivity contribution in [2.75, 3.05) is 36.4 Å². The third kappa shape index (κ3) is 4.19. The van der Waals surface area contributed by atoms with Crippen molar-refractivity contribution in [2.45, 2.75) is 32.5 Å². The summed E-state index contributed by atoms with van der Waals surface area (Å²) in [5, 5.41) is 11.8. The van der Waals surface area contributed by atoms with Crippen LogP contribution in [0, 0.1) is 5.92 Å². The van der Waals surface area contributed by atoms with Gasteiger partial charge in [0.2, 0.25) is 0 Å². The number of carboxylic acid groups (broad SMARTS) is 1. The second-order valence-corrected chi connectivity index (χ2v) is 6.77. The largest absolute Gasteiger partial charge is 0.481 e. The van der Waals surface area contributed by atoms with Crippen molar-refractivity contribution in [3.63, 3.8) is 0 Å². The molecule has 2 amide bonds. The van der Waals surface area contributed by atoms with Crippen LogP contribution in [0.3, 0.4) is 0 Å². The van der Waals surface area contributed by atoms with E-state index in [1.807, 2.05) is 26.0 Å². The number of hydrogen-bond donors (Lipinski definition) is 2. The van der Waals surface area contributed by atoms with Crippen molar-refractivity contribution in [3.8, 4) is 0 Å². The van der Waals surface area contributed by atoms with E-state index in [1.165, 1.54) is 4.90 Å². The van der Waals surface area contributed by atoms with Crippen molar-refractivity contribution >= 4 is 23.5 Å². The van der Waals surface area contributed by atoms with Gasteiger partial charge >= 0.3 is 12.0 Å². The zero-order valence-electron chi connectivity index (χ0n) is 14.5. The standard InChI is InChI=1S/C17H24N4O4/c1-11-8-21(9-12(2)25-11)15-4-3-14(7-18-15)19-17(24)20-6-5-13(10-20)16(22)23/h3-4,7,11-13H,5-6,8-10H2,1-2H3,(H,19,24)(H,22,23). The van der Waals surface area contributed by atoms with Gasteiger partial charge in [-0.2, -0.15) is 0 Å². The minimum absolute atomic E-state index is 0.155. The summed E-state index contributed by atoms with van der Waals surface area (Å²) in [5.41, 5.74) is 0.599. The van der Waals surface area contributed by atoms with Crippen molar-refractivity contribution < 1.29 is 19.4 Å². The predicted octanol–water partition coefficient (Wildman–Crippen LogP) is 1.63. The lowest BCUT2D eigenvalue weighted by molar-refractivity contribution is -0.141. The van der Waals surface area contributed by atoms with Crippen LogP contribution in [0.4, 0.5) is 16.3 Å². The molecule has 2 aliphatic heterocycles. The average molecular weight is 348 g/mol. The van der Waals surface area contributed by atoms with Gasteiger partial charge in [-0.3, -0.25) is 4.79 Å². The minimum atomic E-state index is -0.852. The third-order valence-electron chi connectivity index (χ3n) is 4.57. The second kappa shape index (κ2) is 7.26. The fourth-order valence-electron chi connectivity index (χ4n) is 3.36. The number of aliphatic carboxylic acids is 1. The molecule has 2 fully saturated rings. The lowest BCUT2D eigenvalue weighted by Gasteiger charge is -2.36. The summed E-state index contributed by atoms with van der Waals surface area (Å²) in [6.45, 7) is 6.35. The van der Waals surface area contributed by atoms with Crippen LogP contribution in [0.25, 0.3) is 0 Å². The van der Waals surface area contributed by atoms with Crippen LogP contribution in [-0.4, -0.2) is 65.4 Å². The Bertz CT molecular complexity index is 626. The number of morpholine rings is 1. The summed E-state index contributed by atoms with van der Waals surface area (Å²) in [7, 11) is 0. The Kier molecular flexibility index (Phi) is 5.08. The van der Waals surface area contributed by atoms with Crippen LogP contribution >= 0.6 is 0 Å². The van der Waals surface area contributed by atoms with E-state index in [4.69, 9.17) is 9.84 Å². The molecule has 3 rings (SSSR count). The van der Waals surface area contributed by atoms with Crippen molar-refractivity contribution in [1.82, 2.24) is 9.88 Å². The molecule has 3 atom stereocenters. The van der Waals surface area contributed by atoms with Crippen LogP contribution in [-0.2, 0) is 9.53 Å². The lowest BCUT2D eigenvalue weighted by Crippen LogP contribution is -2.45. The van der Waals surface area contributed by atoms with Gasteiger partial charge in [0, 0.05) is 26.2 Å². The Balaban J connectivity index is 1.57. The molecule has 2 saturated heterocycles. The van der Waals surface area contributed by atoms with Crippen molar-refractivity contribution in [2.24, 2.45) is 5.92 Å². The quantitative estimate of drug-likeness (QED) is 0.862. The van der Waals surface area contributed by atoms with Crippen molar-refractivity contribution in [1.29, 1.82) is 0 Å². The number of carbonyl (C=O) groups is 2. The highest BCUT2D eigenvalue weighted by Crippen LogP contribution is 2.21. The average Bonchev–Trinajstić information content (AvgIpc) is 3.05. The number of pyridine rings is 1. The van der Waals surface area contributed by atoms with Gasteiger partial charge in [0.1, 0.15) is 5.82 Å². The number of amides is 2. The van der Waals surface area contributed by atoms with Gasteiger partial charge in [0.05, 0.1) is 30.0 Å². The van der Waals surface area contributed by atoms with Gasteiger partial charge in [-0.05, 0) is 32.4 Å². The number of carbonyl (C=O) groups excluding carboxylic acids is 1. The zero-order valence-corrected chi connectivity index (χ0v) is 14.5. The normalized spacial score (nSPS) is 26.6. The summed E-state index contributed by atoms with van der Waals surface area (Å²) in [6, 6.07) is 3.41. The van der Waals surface area contributed by atoms with Gasteiger partial charge in [-0.25, -0.2) is 9.78 Å². The van der Waals surface area contributed by atoms with E-state index in [9.17, 15) is 9.59 Å².